The number of hydrogen-bond acceptors (Lipinski definition) is 5. The summed E-state index contributed by atoms with van der Waals surface area (Å²) < 4.78 is 1.18. The molecule has 1 aromatic carbocycles. The average Bonchev–Trinajstić information content (AvgIpc) is 2.80. The van der Waals surface area contributed by atoms with Gasteiger partial charge in [-0.15, -0.1) is 0 Å². The highest BCUT2D eigenvalue weighted by Crippen LogP contribution is 2.15. The fourth-order valence-electron chi connectivity index (χ4n) is 1.81. The van der Waals surface area contributed by atoms with E-state index in [-0.39, 0.29) is 23.5 Å². The van der Waals surface area contributed by atoms with Crippen molar-refractivity contribution < 1.29 is 19.6 Å². The van der Waals surface area contributed by atoms with Crippen molar-refractivity contribution >= 4 is 23.3 Å². The number of anilines is 1. The molecule has 0 radical (unpaired) electrons. The van der Waals surface area contributed by atoms with Crippen molar-refractivity contribution in [1.82, 2.24) is 9.78 Å². The van der Waals surface area contributed by atoms with Crippen LogP contribution in [0.25, 0.3) is 0 Å². The summed E-state index contributed by atoms with van der Waals surface area (Å²) in [6.07, 6.45) is 1.18. The Kier molecular flexibility index (Phi) is 4.16. The Bertz CT molecular complexity index is 735. The number of carboxylic acids is 1. The molecule has 0 aliphatic rings. The van der Waals surface area contributed by atoms with Gasteiger partial charge in [-0.1, -0.05) is 0 Å². The van der Waals surface area contributed by atoms with E-state index in [4.69, 9.17) is 5.11 Å². The van der Waals surface area contributed by atoms with E-state index in [1.165, 1.54) is 42.1 Å². The number of aromatic carboxylic acids is 1. The van der Waals surface area contributed by atoms with Crippen molar-refractivity contribution in [2.75, 3.05) is 5.32 Å². The predicted molar refractivity (Wildman–Crippen MR) is 75.6 cm³/mol. The molecule has 0 saturated carbocycles. The van der Waals surface area contributed by atoms with Crippen LogP contribution in [0, 0.1) is 17.0 Å². The molecule has 2 aromatic rings. The summed E-state index contributed by atoms with van der Waals surface area (Å²) in [5.74, 6) is -1.49. The summed E-state index contributed by atoms with van der Waals surface area (Å²) in [5.41, 5.74) is 0.604. The first-order valence-electron chi connectivity index (χ1n) is 6.18. The minimum absolute atomic E-state index is 0.108. The van der Waals surface area contributed by atoms with E-state index in [0.717, 1.165) is 0 Å². The van der Waals surface area contributed by atoms with E-state index in [2.05, 4.69) is 10.4 Å². The number of aryl methyl sites for hydroxylation is 1. The van der Waals surface area contributed by atoms with Crippen molar-refractivity contribution in [1.29, 1.82) is 0 Å². The van der Waals surface area contributed by atoms with Crippen molar-refractivity contribution in [2.45, 2.75) is 13.5 Å². The summed E-state index contributed by atoms with van der Waals surface area (Å²) in [6.45, 7) is 1.30. The zero-order chi connectivity index (χ0) is 16.3. The van der Waals surface area contributed by atoms with Crippen molar-refractivity contribution in [2.24, 2.45) is 0 Å². The Labute approximate surface area is 124 Å². The molecule has 0 aliphatic heterocycles. The molecule has 0 unspecified atom stereocenters. The van der Waals surface area contributed by atoms with Gasteiger partial charge in [0, 0.05) is 5.69 Å². The summed E-state index contributed by atoms with van der Waals surface area (Å²) in [6, 6.07) is 5.64. The molecular formula is C13H12N4O5. The highest BCUT2D eigenvalue weighted by atomic mass is 16.6. The molecule has 9 heteroatoms. The van der Waals surface area contributed by atoms with E-state index in [1.807, 2.05) is 0 Å². The third-order valence-electron chi connectivity index (χ3n) is 2.84. The topological polar surface area (TPSA) is 127 Å². The fourth-order valence-corrected chi connectivity index (χ4v) is 1.81. The molecule has 2 N–H and O–H groups in total. The molecule has 0 bridgehead atoms. The Hall–Kier alpha value is -3.23. The molecule has 1 aromatic heterocycles. The van der Waals surface area contributed by atoms with Gasteiger partial charge in [-0.2, -0.15) is 5.10 Å². The quantitative estimate of drug-likeness (QED) is 0.635. The number of aromatic nitrogens is 2. The Morgan fingerprint density at radius 2 is 2.00 bits per heavy atom. The first-order chi connectivity index (χ1) is 10.4. The lowest BCUT2D eigenvalue weighted by atomic mass is 10.2. The second-order valence-corrected chi connectivity index (χ2v) is 4.49. The number of nitrogens with one attached hydrogen (secondary N) is 1. The molecule has 0 fully saturated rings. The molecule has 2 rings (SSSR count). The second kappa shape index (κ2) is 6.04. The van der Waals surface area contributed by atoms with Crippen LogP contribution in [-0.2, 0) is 11.3 Å². The first kappa shape index (κ1) is 15.2. The van der Waals surface area contributed by atoms with Gasteiger partial charge in [0.15, 0.2) is 0 Å². The fraction of sp³-hybridized carbons (Fsp3) is 0.154. The normalized spacial score (nSPS) is 10.2. The van der Waals surface area contributed by atoms with Gasteiger partial charge in [-0.25, -0.2) is 4.79 Å². The molecular weight excluding hydrogens is 292 g/mol. The maximum Gasteiger partial charge on any atom is 0.335 e. The summed E-state index contributed by atoms with van der Waals surface area (Å²) in [5, 5.41) is 25.9. The van der Waals surface area contributed by atoms with Gasteiger partial charge in [0.1, 0.15) is 18.4 Å². The number of nitro groups is 1. The number of carbonyl (C=O) groups is 2. The monoisotopic (exact) mass is 304 g/mol. The number of carboxylic acid groups (broad SMARTS) is 1. The SMILES string of the molecule is Cc1nn(CC(=O)Nc2ccc(C(=O)O)cc2)cc1[N+](=O)[O-]. The standard InChI is InChI=1S/C13H12N4O5/c1-8-11(17(21)22)6-16(15-8)7-12(18)14-10-4-2-9(3-5-10)13(19)20/h2-6H,7H2,1H3,(H,14,18)(H,19,20). The molecule has 0 spiro atoms. The van der Waals surface area contributed by atoms with Gasteiger partial charge < -0.3 is 10.4 Å². The number of amides is 1. The lowest BCUT2D eigenvalue weighted by Gasteiger charge is -2.05. The van der Waals surface area contributed by atoms with Crippen molar-refractivity contribution in [3.8, 4) is 0 Å². The Morgan fingerprint density at radius 3 is 2.50 bits per heavy atom. The maximum atomic E-state index is 11.8. The van der Waals surface area contributed by atoms with Crippen LogP contribution >= 0.6 is 0 Å². The van der Waals surface area contributed by atoms with E-state index in [9.17, 15) is 19.7 Å². The van der Waals surface area contributed by atoms with Crippen LogP contribution in [0.5, 0.6) is 0 Å². The van der Waals surface area contributed by atoms with Gasteiger partial charge in [-0.05, 0) is 31.2 Å². The summed E-state index contributed by atoms with van der Waals surface area (Å²) >= 11 is 0. The van der Waals surface area contributed by atoms with Gasteiger partial charge in [0.2, 0.25) is 5.91 Å². The van der Waals surface area contributed by atoms with Gasteiger partial charge in [-0.3, -0.25) is 19.6 Å². The maximum absolute atomic E-state index is 11.8. The molecule has 9 nitrogen and oxygen atoms in total. The van der Waals surface area contributed by atoms with Gasteiger partial charge in [0.25, 0.3) is 0 Å². The second-order valence-electron chi connectivity index (χ2n) is 4.49. The largest absolute Gasteiger partial charge is 0.478 e. The van der Waals surface area contributed by atoms with Crippen LogP contribution in [0.2, 0.25) is 0 Å². The molecule has 1 amide bonds. The number of carbonyl (C=O) groups excluding carboxylic acids is 1. The number of nitrogens with zero attached hydrogens (tertiary/aromatic N) is 3. The number of rotatable bonds is 5. The van der Waals surface area contributed by atoms with Crippen LogP contribution in [0.4, 0.5) is 11.4 Å². The minimum Gasteiger partial charge on any atom is -0.478 e. The predicted octanol–water partition coefficient (Wildman–Crippen LogP) is 1.44. The first-order valence-corrected chi connectivity index (χ1v) is 6.18. The molecule has 0 saturated heterocycles. The number of benzene rings is 1. The van der Waals surface area contributed by atoms with Gasteiger partial charge in [0.05, 0.1) is 10.5 Å². The van der Waals surface area contributed by atoms with Crippen LogP contribution in [0.15, 0.2) is 30.5 Å². The molecule has 0 aliphatic carbocycles. The highest BCUT2D eigenvalue weighted by Gasteiger charge is 2.16. The lowest BCUT2D eigenvalue weighted by Crippen LogP contribution is -2.19. The molecule has 114 valence electrons. The molecule has 0 atom stereocenters. The van der Waals surface area contributed by atoms with Crippen LogP contribution < -0.4 is 5.32 Å². The lowest BCUT2D eigenvalue weighted by molar-refractivity contribution is -0.385. The van der Waals surface area contributed by atoms with Crippen LogP contribution in [0.3, 0.4) is 0 Å². The van der Waals surface area contributed by atoms with E-state index < -0.39 is 16.8 Å². The van der Waals surface area contributed by atoms with Crippen LogP contribution in [-0.4, -0.2) is 31.7 Å². The van der Waals surface area contributed by atoms with Crippen LogP contribution in [0.1, 0.15) is 16.1 Å². The number of hydrogen-bond donors (Lipinski definition) is 2. The summed E-state index contributed by atoms with van der Waals surface area (Å²) in [4.78, 5) is 32.7. The van der Waals surface area contributed by atoms with E-state index in [0.29, 0.717) is 5.69 Å². The van der Waals surface area contributed by atoms with Gasteiger partial charge >= 0.3 is 11.7 Å². The van der Waals surface area contributed by atoms with Crippen molar-refractivity contribution in [3.63, 3.8) is 0 Å². The molecule has 22 heavy (non-hydrogen) atoms. The summed E-state index contributed by atoms with van der Waals surface area (Å²) in [7, 11) is 0. The third-order valence-corrected chi connectivity index (χ3v) is 2.84. The smallest absolute Gasteiger partial charge is 0.335 e. The Morgan fingerprint density at radius 1 is 1.36 bits per heavy atom. The Balaban J connectivity index is 2.02. The third kappa shape index (κ3) is 3.45. The average molecular weight is 304 g/mol. The zero-order valence-electron chi connectivity index (χ0n) is 11.5. The minimum atomic E-state index is -1.06. The van der Waals surface area contributed by atoms with Crippen molar-refractivity contribution in [3.05, 3.63) is 51.8 Å². The zero-order valence-corrected chi connectivity index (χ0v) is 11.5. The van der Waals surface area contributed by atoms with E-state index >= 15 is 0 Å². The highest BCUT2D eigenvalue weighted by molar-refractivity contribution is 5.92. The molecule has 1 heterocycles. The van der Waals surface area contributed by atoms with E-state index in [1.54, 1.807) is 0 Å².